The number of anilines is 1. The minimum Gasteiger partial charge on any atom is -0.492 e. The molecule has 1 amide bonds. The molecule has 0 radical (unpaired) electrons. The molecule has 1 unspecified atom stereocenters. The summed E-state index contributed by atoms with van der Waals surface area (Å²) in [6.45, 7) is 1.94. The highest BCUT2D eigenvalue weighted by atomic mass is 35.5. The van der Waals surface area contributed by atoms with Gasteiger partial charge in [-0.2, -0.15) is 0 Å². The lowest BCUT2D eigenvalue weighted by Crippen LogP contribution is -2.48. The van der Waals surface area contributed by atoms with Gasteiger partial charge in [-0.1, -0.05) is 53.5 Å². The van der Waals surface area contributed by atoms with Crippen molar-refractivity contribution < 1.29 is 17.9 Å². The van der Waals surface area contributed by atoms with Crippen molar-refractivity contribution in [1.29, 1.82) is 0 Å². The van der Waals surface area contributed by atoms with Crippen molar-refractivity contribution in [2.75, 3.05) is 23.7 Å². The first-order valence-electron chi connectivity index (χ1n) is 9.50. The topological polar surface area (TPSA) is 75.7 Å². The molecule has 1 N–H and O–H groups in total. The quantitative estimate of drug-likeness (QED) is 0.481. The number of hydrogen-bond donors (Lipinski definition) is 1. The van der Waals surface area contributed by atoms with E-state index in [1.807, 2.05) is 42.5 Å². The number of rotatable bonds is 8. The monoisotopic (exact) mass is 480 g/mol. The van der Waals surface area contributed by atoms with Gasteiger partial charge >= 0.3 is 0 Å². The molecular formula is C22H22Cl2N2O4S. The van der Waals surface area contributed by atoms with Crippen LogP contribution in [0.1, 0.15) is 6.92 Å². The lowest BCUT2D eigenvalue weighted by atomic mass is 10.1. The number of benzene rings is 3. The number of fused-ring (bicyclic) bond motifs is 1. The molecule has 3 rings (SSSR count). The summed E-state index contributed by atoms with van der Waals surface area (Å²) < 4.78 is 31.4. The summed E-state index contributed by atoms with van der Waals surface area (Å²) >= 11 is 12.0. The number of carbonyl (C=O) groups is 1. The molecule has 0 saturated carbocycles. The van der Waals surface area contributed by atoms with E-state index in [2.05, 4.69) is 5.32 Å². The van der Waals surface area contributed by atoms with Gasteiger partial charge < -0.3 is 10.1 Å². The van der Waals surface area contributed by atoms with Crippen LogP contribution < -0.4 is 14.4 Å². The third kappa shape index (κ3) is 6.03. The lowest BCUT2D eigenvalue weighted by Gasteiger charge is -2.28. The van der Waals surface area contributed by atoms with Crippen LogP contribution in [-0.2, 0) is 14.8 Å². The summed E-state index contributed by atoms with van der Waals surface area (Å²) in [5.41, 5.74) is 0.218. The van der Waals surface area contributed by atoms with Crippen LogP contribution in [-0.4, -0.2) is 39.8 Å². The van der Waals surface area contributed by atoms with Crippen LogP contribution in [0.25, 0.3) is 10.8 Å². The average molecular weight is 481 g/mol. The Labute approximate surface area is 191 Å². The first-order chi connectivity index (χ1) is 14.6. The van der Waals surface area contributed by atoms with E-state index in [9.17, 15) is 13.2 Å². The minimum absolute atomic E-state index is 0.212. The first-order valence-corrected chi connectivity index (χ1v) is 12.1. The molecule has 3 aromatic rings. The molecule has 31 heavy (non-hydrogen) atoms. The molecule has 0 saturated heterocycles. The van der Waals surface area contributed by atoms with E-state index in [0.29, 0.717) is 5.75 Å². The molecule has 0 aliphatic heterocycles. The van der Waals surface area contributed by atoms with Crippen molar-refractivity contribution in [3.05, 3.63) is 70.7 Å². The maximum absolute atomic E-state index is 12.6. The molecule has 9 heteroatoms. The van der Waals surface area contributed by atoms with Crippen molar-refractivity contribution in [1.82, 2.24) is 5.32 Å². The fourth-order valence-corrected chi connectivity index (χ4v) is 4.90. The van der Waals surface area contributed by atoms with Crippen LogP contribution in [0.2, 0.25) is 10.0 Å². The Balaban J connectivity index is 1.62. The van der Waals surface area contributed by atoms with Crippen molar-refractivity contribution in [3.8, 4) is 5.75 Å². The maximum atomic E-state index is 12.6. The van der Waals surface area contributed by atoms with E-state index in [1.165, 1.54) is 25.1 Å². The Morgan fingerprint density at radius 2 is 1.68 bits per heavy atom. The van der Waals surface area contributed by atoms with Crippen LogP contribution in [0.15, 0.2) is 60.7 Å². The Morgan fingerprint density at radius 3 is 2.32 bits per heavy atom. The Hall–Kier alpha value is -2.48. The summed E-state index contributed by atoms with van der Waals surface area (Å²) in [7, 11) is -3.77. The molecular weight excluding hydrogens is 459 g/mol. The second-order valence-corrected chi connectivity index (χ2v) is 9.74. The summed E-state index contributed by atoms with van der Waals surface area (Å²) in [5, 5.41) is 5.41. The highest BCUT2D eigenvalue weighted by Crippen LogP contribution is 2.28. The second-order valence-electron chi connectivity index (χ2n) is 7.01. The molecule has 3 aromatic carbocycles. The van der Waals surface area contributed by atoms with E-state index < -0.39 is 22.0 Å². The predicted molar refractivity (Wildman–Crippen MR) is 126 cm³/mol. The third-order valence-corrected chi connectivity index (χ3v) is 6.26. The smallest absolute Gasteiger partial charge is 0.243 e. The minimum atomic E-state index is -3.77. The van der Waals surface area contributed by atoms with Crippen molar-refractivity contribution in [3.63, 3.8) is 0 Å². The van der Waals surface area contributed by atoms with E-state index in [-0.39, 0.29) is 28.9 Å². The zero-order chi connectivity index (χ0) is 22.6. The highest BCUT2D eigenvalue weighted by molar-refractivity contribution is 7.92. The van der Waals surface area contributed by atoms with Crippen LogP contribution in [0.5, 0.6) is 5.75 Å². The highest BCUT2D eigenvalue weighted by Gasteiger charge is 2.29. The van der Waals surface area contributed by atoms with Crippen molar-refractivity contribution >= 4 is 55.6 Å². The fourth-order valence-electron chi connectivity index (χ4n) is 3.22. The van der Waals surface area contributed by atoms with Crippen LogP contribution in [0, 0.1) is 0 Å². The number of amides is 1. The molecule has 0 spiro atoms. The van der Waals surface area contributed by atoms with Gasteiger partial charge in [-0.25, -0.2) is 8.42 Å². The molecule has 0 aliphatic carbocycles. The van der Waals surface area contributed by atoms with Gasteiger partial charge in [-0.05, 0) is 48.0 Å². The van der Waals surface area contributed by atoms with Gasteiger partial charge in [0.1, 0.15) is 18.4 Å². The normalized spacial score (nSPS) is 12.4. The van der Waals surface area contributed by atoms with Gasteiger partial charge in [0.05, 0.1) is 18.5 Å². The number of ether oxygens (including phenoxy) is 1. The van der Waals surface area contributed by atoms with E-state index >= 15 is 0 Å². The number of hydrogen-bond acceptors (Lipinski definition) is 4. The fraction of sp³-hybridized carbons (Fsp3) is 0.227. The van der Waals surface area contributed by atoms with Gasteiger partial charge in [-0.3, -0.25) is 9.10 Å². The van der Waals surface area contributed by atoms with Gasteiger partial charge in [0.2, 0.25) is 15.9 Å². The Kier molecular flexibility index (Phi) is 7.30. The number of nitrogens with one attached hydrogen (secondary N) is 1. The molecule has 164 valence electrons. The number of halogens is 2. The van der Waals surface area contributed by atoms with Crippen molar-refractivity contribution in [2.45, 2.75) is 13.0 Å². The number of sulfonamides is 1. The molecule has 0 fully saturated rings. The summed E-state index contributed by atoms with van der Waals surface area (Å²) in [4.78, 5) is 12.6. The largest absolute Gasteiger partial charge is 0.492 e. The van der Waals surface area contributed by atoms with E-state index in [1.54, 1.807) is 0 Å². The van der Waals surface area contributed by atoms with Gasteiger partial charge in [0.15, 0.2) is 0 Å². The summed E-state index contributed by atoms with van der Waals surface area (Å²) in [5.74, 6) is 0.218. The molecule has 0 aromatic heterocycles. The number of nitrogens with zero attached hydrogens (tertiary/aromatic N) is 1. The molecule has 0 aliphatic rings. The van der Waals surface area contributed by atoms with Gasteiger partial charge in [-0.15, -0.1) is 0 Å². The van der Waals surface area contributed by atoms with Gasteiger partial charge in [0, 0.05) is 10.0 Å². The van der Waals surface area contributed by atoms with Crippen molar-refractivity contribution in [2.24, 2.45) is 0 Å². The Bertz CT molecular complexity index is 1180. The SMILES string of the molecule is CC(C(=O)NCCOc1ccc2ccccc2c1)N(c1cc(Cl)cc(Cl)c1)S(C)(=O)=O. The third-order valence-electron chi connectivity index (χ3n) is 4.58. The molecule has 0 heterocycles. The van der Waals surface area contributed by atoms with E-state index in [4.69, 9.17) is 27.9 Å². The van der Waals surface area contributed by atoms with Gasteiger partial charge in [0.25, 0.3) is 0 Å². The summed E-state index contributed by atoms with van der Waals surface area (Å²) in [6.07, 6.45) is 1.02. The standard InChI is InChI=1S/C22H22Cl2N2O4S/c1-15(26(31(2,28)29)20-13-18(23)12-19(24)14-20)22(27)25-9-10-30-21-8-7-16-5-3-4-6-17(16)11-21/h3-8,11-15H,9-10H2,1-2H3,(H,25,27). The second kappa shape index (κ2) is 9.77. The predicted octanol–water partition coefficient (Wildman–Crippen LogP) is 4.50. The van der Waals surface area contributed by atoms with E-state index in [0.717, 1.165) is 21.3 Å². The molecule has 1 atom stereocenters. The lowest BCUT2D eigenvalue weighted by molar-refractivity contribution is -0.121. The summed E-state index contributed by atoms with van der Waals surface area (Å²) in [6, 6.07) is 17.1. The number of carbonyl (C=O) groups excluding carboxylic acids is 1. The van der Waals surface area contributed by atoms with Crippen LogP contribution >= 0.6 is 23.2 Å². The molecule has 0 bridgehead atoms. The molecule has 6 nitrogen and oxygen atoms in total. The van der Waals surface area contributed by atoms with Crippen LogP contribution in [0.3, 0.4) is 0 Å². The first kappa shape index (κ1) is 23.2. The maximum Gasteiger partial charge on any atom is 0.243 e. The average Bonchev–Trinajstić information content (AvgIpc) is 2.69. The van der Waals surface area contributed by atoms with Crippen LogP contribution in [0.4, 0.5) is 5.69 Å². The Morgan fingerprint density at radius 1 is 1.03 bits per heavy atom. The zero-order valence-corrected chi connectivity index (χ0v) is 19.3. The zero-order valence-electron chi connectivity index (χ0n) is 17.0.